The molecule has 5 nitrogen and oxygen atoms in total. The minimum Gasteiger partial charge on any atom is -0.409 e. The van der Waals surface area contributed by atoms with Crippen LogP contribution < -0.4 is 5.73 Å². The molecule has 17 heavy (non-hydrogen) atoms. The van der Waals surface area contributed by atoms with Crippen LogP contribution in [0.15, 0.2) is 5.16 Å². The van der Waals surface area contributed by atoms with Gasteiger partial charge in [0.15, 0.2) is 5.84 Å². The van der Waals surface area contributed by atoms with Gasteiger partial charge < -0.3 is 15.8 Å². The fraction of sp³-hybridized carbons (Fsp3) is 0.833. The molecule has 0 aliphatic heterocycles. The number of oxime groups is 1. The third kappa shape index (κ3) is 2.90. The highest BCUT2D eigenvalue weighted by Gasteiger charge is 2.39. The molecule has 2 aliphatic rings. The minimum atomic E-state index is -0.459. The molecule has 5 heteroatoms. The summed E-state index contributed by atoms with van der Waals surface area (Å²) in [6, 6.07) is 0.406. The Morgan fingerprint density at radius 1 is 1.47 bits per heavy atom. The molecule has 0 aromatic carbocycles. The van der Waals surface area contributed by atoms with E-state index in [1.807, 2.05) is 11.8 Å². The summed E-state index contributed by atoms with van der Waals surface area (Å²) in [4.78, 5) is 14.3. The van der Waals surface area contributed by atoms with Gasteiger partial charge in [-0.05, 0) is 38.0 Å². The SMILES string of the molecule is CCC(C(=O)N(CC1CC1)C1CC1)C(N)=NO. The van der Waals surface area contributed by atoms with Crippen LogP contribution in [0.25, 0.3) is 0 Å². The Bertz CT molecular complexity index is 322. The second kappa shape index (κ2) is 4.94. The highest BCUT2D eigenvalue weighted by Crippen LogP contribution is 2.35. The molecule has 0 aromatic heterocycles. The van der Waals surface area contributed by atoms with Gasteiger partial charge in [-0.25, -0.2) is 0 Å². The average Bonchev–Trinajstić information content (AvgIpc) is 3.16. The summed E-state index contributed by atoms with van der Waals surface area (Å²) in [5, 5.41) is 11.7. The quantitative estimate of drug-likeness (QED) is 0.316. The first kappa shape index (κ1) is 12.2. The molecule has 0 heterocycles. The van der Waals surface area contributed by atoms with E-state index < -0.39 is 5.92 Å². The molecule has 0 aromatic rings. The monoisotopic (exact) mass is 239 g/mol. The topological polar surface area (TPSA) is 78.9 Å². The second-order valence-electron chi connectivity index (χ2n) is 5.15. The summed E-state index contributed by atoms with van der Waals surface area (Å²) >= 11 is 0. The summed E-state index contributed by atoms with van der Waals surface area (Å²) in [6.45, 7) is 2.75. The summed E-state index contributed by atoms with van der Waals surface area (Å²) in [5.41, 5.74) is 5.59. The van der Waals surface area contributed by atoms with Gasteiger partial charge in [0.25, 0.3) is 0 Å². The number of nitrogens with zero attached hydrogens (tertiary/aromatic N) is 2. The van der Waals surface area contributed by atoms with Crippen LogP contribution >= 0.6 is 0 Å². The summed E-state index contributed by atoms with van der Waals surface area (Å²) in [6.07, 6.45) is 5.26. The summed E-state index contributed by atoms with van der Waals surface area (Å²) < 4.78 is 0. The Balaban J connectivity index is 2.02. The van der Waals surface area contributed by atoms with Gasteiger partial charge in [-0.3, -0.25) is 4.79 Å². The molecule has 2 fully saturated rings. The molecular weight excluding hydrogens is 218 g/mol. The smallest absolute Gasteiger partial charge is 0.233 e. The van der Waals surface area contributed by atoms with Crippen LogP contribution in [-0.2, 0) is 4.79 Å². The molecule has 0 radical (unpaired) electrons. The van der Waals surface area contributed by atoms with Crippen LogP contribution in [0.5, 0.6) is 0 Å². The number of carbonyl (C=O) groups excluding carboxylic acids is 1. The van der Waals surface area contributed by atoms with Crippen LogP contribution in [0.1, 0.15) is 39.0 Å². The van der Waals surface area contributed by atoms with Gasteiger partial charge in [0.05, 0.1) is 5.92 Å². The first-order valence-corrected chi connectivity index (χ1v) is 6.45. The number of amides is 1. The van der Waals surface area contributed by atoms with E-state index in [9.17, 15) is 4.79 Å². The van der Waals surface area contributed by atoms with Crippen LogP contribution in [0.3, 0.4) is 0 Å². The molecule has 0 spiro atoms. The van der Waals surface area contributed by atoms with Crippen molar-refractivity contribution in [2.75, 3.05) is 6.54 Å². The van der Waals surface area contributed by atoms with Crippen molar-refractivity contribution in [2.24, 2.45) is 22.7 Å². The van der Waals surface area contributed by atoms with Gasteiger partial charge >= 0.3 is 0 Å². The lowest BCUT2D eigenvalue weighted by Gasteiger charge is -2.26. The van der Waals surface area contributed by atoms with Gasteiger partial charge in [-0.15, -0.1) is 0 Å². The van der Waals surface area contributed by atoms with Crippen molar-refractivity contribution >= 4 is 11.7 Å². The highest BCUT2D eigenvalue weighted by atomic mass is 16.4. The van der Waals surface area contributed by atoms with Crippen molar-refractivity contribution in [3.8, 4) is 0 Å². The fourth-order valence-electron chi connectivity index (χ4n) is 2.16. The minimum absolute atomic E-state index is 0.0391. The number of hydrogen-bond donors (Lipinski definition) is 2. The Morgan fingerprint density at radius 2 is 2.12 bits per heavy atom. The standard InChI is InChI=1S/C12H21N3O2/c1-2-10(11(13)14-17)12(16)15(9-5-6-9)7-8-3-4-8/h8-10,17H,2-7H2,1H3,(H2,13,14). The Morgan fingerprint density at radius 3 is 2.53 bits per heavy atom. The number of amidine groups is 1. The van der Waals surface area contributed by atoms with E-state index in [2.05, 4.69) is 5.16 Å². The molecule has 2 aliphatic carbocycles. The fourth-order valence-corrected chi connectivity index (χ4v) is 2.16. The molecule has 96 valence electrons. The van der Waals surface area contributed by atoms with Crippen molar-refractivity contribution in [2.45, 2.75) is 45.1 Å². The van der Waals surface area contributed by atoms with Crippen molar-refractivity contribution < 1.29 is 10.0 Å². The van der Waals surface area contributed by atoms with Crippen LogP contribution in [0.2, 0.25) is 0 Å². The normalized spacial score (nSPS) is 22.3. The lowest BCUT2D eigenvalue weighted by atomic mass is 10.0. The largest absolute Gasteiger partial charge is 0.409 e. The van der Waals surface area contributed by atoms with Gasteiger partial charge in [0.2, 0.25) is 5.91 Å². The zero-order valence-corrected chi connectivity index (χ0v) is 10.3. The van der Waals surface area contributed by atoms with Gasteiger partial charge in [0, 0.05) is 12.6 Å². The molecule has 1 amide bonds. The van der Waals surface area contributed by atoms with Crippen molar-refractivity contribution in [1.82, 2.24) is 4.90 Å². The maximum atomic E-state index is 12.4. The van der Waals surface area contributed by atoms with Crippen LogP contribution in [0, 0.1) is 11.8 Å². The molecule has 0 saturated heterocycles. The zero-order valence-electron chi connectivity index (χ0n) is 10.3. The van der Waals surface area contributed by atoms with Gasteiger partial charge in [-0.1, -0.05) is 12.1 Å². The van der Waals surface area contributed by atoms with E-state index in [0.717, 1.165) is 19.4 Å². The predicted octanol–water partition coefficient (Wildman–Crippen LogP) is 1.16. The molecule has 0 bridgehead atoms. The first-order valence-electron chi connectivity index (χ1n) is 6.45. The maximum Gasteiger partial charge on any atom is 0.233 e. The lowest BCUT2D eigenvalue weighted by Crippen LogP contribution is -2.43. The van der Waals surface area contributed by atoms with E-state index in [4.69, 9.17) is 10.9 Å². The number of nitrogens with two attached hydrogens (primary N) is 1. The van der Waals surface area contributed by atoms with E-state index in [0.29, 0.717) is 18.4 Å². The first-order chi connectivity index (χ1) is 8.17. The molecule has 1 unspecified atom stereocenters. The van der Waals surface area contributed by atoms with Crippen molar-refractivity contribution in [3.05, 3.63) is 0 Å². The third-order valence-corrected chi connectivity index (χ3v) is 3.60. The lowest BCUT2D eigenvalue weighted by molar-refractivity contribution is -0.134. The molecule has 1 atom stereocenters. The van der Waals surface area contributed by atoms with Crippen molar-refractivity contribution in [1.29, 1.82) is 0 Å². The van der Waals surface area contributed by atoms with E-state index >= 15 is 0 Å². The number of rotatable bonds is 6. The second-order valence-corrected chi connectivity index (χ2v) is 5.15. The molecule has 3 N–H and O–H groups in total. The molecule has 2 rings (SSSR count). The Kier molecular flexibility index (Phi) is 3.54. The van der Waals surface area contributed by atoms with E-state index in [1.54, 1.807) is 0 Å². The average molecular weight is 239 g/mol. The van der Waals surface area contributed by atoms with Crippen LogP contribution in [-0.4, -0.2) is 34.4 Å². The molecule has 2 saturated carbocycles. The summed E-state index contributed by atoms with van der Waals surface area (Å²) in [5.74, 6) is 0.305. The third-order valence-electron chi connectivity index (χ3n) is 3.60. The van der Waals surface area contributed by atoms with E-state index in [1.165, 1.54) is 12.8 Å². The summed E-state index contributed by atoms with van der Waals surface area (Å²) in [7, 11) is 0. The zero-order chi connectivity index (χ0) is 12.4. The maximum absolute atomic E-state index is 12.4. The predicted molar refractivity (Wildman–Crippen MR) is 64.6 cm³/mol. The van der Waals surface area contributed by atoms with Crippen molar-refractivity contribution in [3.63, 3.8) is 0 Å². The number of carbonyl (C=O) groups is 1. The number of hydrogen-bond acceptors (Lipinski definition) is 3. The van der Waals surface area contributed by atoms with Crippen LogP contribution in [0.4, 0.5) is 0 Å². The van der Waals surface area contributed by atoms with Gasteiger partial charge in [0.1, 0.15) is 0 Å². The molecular formula is C12H21N3O2. The Hall–Kier alpha value is -1.26. The Labute approximate surface area is 102 Å². The van der Waals surface area contributed by atoms with E-state index in [-0.39, 0.29) is 11.7 Å². The van der Waals surface area contributed by atoms with Gasteiger partial charge in [-0.2, -0.15) is 0 Å². The highest BCUT2D eigenvalue weighted by molar-refractivity contribution is 6.02.